The lowest BCUT2D eigenvalue weighted by Crippen LogP contribution is -2.35. The molecule has 3 aromatic rings. The van der Waals surface area contributed by atoms with Gasteiger partial charge < -0.3 is 5.32 Å². The van der Waals surface area contributed by atoms with E-state index in [2.05, 4.69) is 24.1 Å². The number of carbonyl (C=O) groups is 1. The third-order valence-electron chi connectivity index (χ3n) is 4.85. The molecule has 1 N–H and O–H groups in total. The van der Waals surface area contributed by atoms with Crippen molar-refractivity contribution in [2.75, 3.05) is 0 Å². The van der Waals surface area contributed by atoms with Gasteiger partial charge in [0.25, 0.3) is 5.56 Å². The Bertz CT molecular complexity index is 985. The van der Waals surface area contributed by atoms with E-state index in [0.29, 0.717) is 11.9 Å². The number of hydrogen-bond donors (Lipinski definition) is 1. The van der Waals surface area contributed by atoms with Crippen molar-refractivity contribution in [2.24, 2.45) is 0 Å². The van der Waals surface area contributed by atoms with Crippen molar-refractivity contribution in [3.63, 3.8) is 0 Å². The first-order chi connectivity index (χ1) is 13.0. The van der Waals surface area contributed by atoms with Crippen LogP contribution in [0.25, 0.3) is 21.3 Å². The number of nitrogens with zero attached hydrogens (tertiary/aromatic N) is 2. The second kappa shape index (κ2) is 8.48. The van der Waals surface area contributed by atoms with Gasteiger partial charge in [0.15, 0.2) is 0 Å². The number of carbonyl (C=O) groups excluding carboxylic acids is 1. The lowest BCUT2D eigenvalue weighted by atomic mass is 10.1. The molecule has 2 aromatic heterocycles. The molecule has 0 atom stereocenters. The molecular weight excluding hydrogens is 358 g/mol. The largest absolute Gasteiger partial charge is 0.353 e. The number of rotatable bonds is 7. The van der Waals surface area contributed by atoms with Crippen molar-refractivity contribution in [1.29, 1.82) is 0 Å². The Kier molecular flexibility index (Phi) is 6.06. The first-order valence-electron chi connectivity index (χ1n) is 9.36. The van der Waals surface area contributed by atoms with Crippen LogP contribution in [0, 0.1) is 6.92 Å². The Balaban J connectivity index is 1.84. The highest BCUT2D eigenvalue weighted by atomic mass is 32.1. The van der Waals surface area contributed by atoms with Gasteiger partial charge in [0.1, 0.15) is 4.83 Å². The predicted octanol–water partition coefficient (Wildman–Crippen LogP) is 4.13. The molecule has 0 saturated carbocycles. The van der Waals surface area contributed by atoms with E-state index in [1.54, 1.807) is 10.9 Å². The summed E-state index contributed by atoms with van der Waals surface area (Å²) in [6, 6.07) is 8.32. The van der Waals surface area contributed by atoms with Crippen LogP contribution in [0.2, 0.25) is 0 Å². The number of hydrogen-bond acceptors (Lipinski definition) is 4. The van der Waals surface area contributed by atoms with E-state index >= 15 is 0 Å². The van der Waals surface area contributed by atoms with Gasteiger partial charge in [-0.15, -0.1) is 11.3 Å². The van der Waals surface area contributed by atoms with Gasteiger partial charge in [0.05, 0.1) is 11.7 Å². The molecule has 6 heteroatoms. The Morgan fingerprint density at radius 2 is 1.93 bits per heavy atom. The van der Waals surface area contributed by atoms with E-state index in [-0.39, 0.29) is 23.9 Å². The van der Waals surface area contributed by atoms with Crippen LogP contribution in [0.3, 0.4) is 0 Å². The van der Waals surface area contributed by atoms with Gasteiger partial charge in [-0.3, -0.25) is 14.2 Å². The molecule has 0 bridgehead atoms. The third-order valence-corrected chi connectivity index (χ3v) is 5.74. The van der Waals surface area contributed by atoms with Crippen molar-refractivity contribution in [1.82, 2.24) is 14.9 Å². The van der Waals surface area contributed by atoms with Crippen LogP contribution >= 0.6 is 11.3 Å². The fourth-order valence-electron chi connectivity index (χ4n) is 3.09. The lowest BCUT2D eigenvalue weighted by molar-refractivity contribution is -0.122. The summed E-state index contributed by atoms with van der Waals surface area (Å²) in [5.41, 5.74) is 3.00. The van der Waals surface area contributed by atoms with Crippen molar-refractivity contribution in [2.45, 2.75) is 52.6 Å². The SMILES string of the molecule is CCC(CC)NC(=O)CCn1cnc2scc(-c3ccc(C)cc3)c2c1=O. The summed E-state index contributed by atoms with van der Waals surface area (Å²) in [5, 5.41) is 5.62. The smallest absolute Gasteiger partial charge is 0.262 e. The van der Waals surface area contributed by atoms with Crippen molar-refractivity contribution >= 4 is 27.5 Å². The number of amides is 1. The fraction of sp³-hybridized carbons (Fsp3) is 0.381. The molecular formula is C21H25N3O2S. The molecule has 2 heterocycles. The molecule has 0 aliphatic carbocycles. The van der Waals surface area contributed by atoms with E-state index in [9.17, 15) is 9.59 Å². The molecule has 0 unspecified atom stereocenters. The first-order valence-corrected chi connectivity index (χ1v) is 10.2. The molecule has 0 fully saturated rings. The van der Waals surface area contributed by atoms with Gasteiger partial charge in [0, 0.05) is 30.0 Å². The van der Waals surface area contributed by atoms with Gasteiger partial charge in [-0.25, -0.2) is 4.98 Å². The molecule has 27 heavy (non-hydrogen) atoms. The fourth-order valence-corrected chi connectivity index (χ4v) is 3.99. The first kappa shape index (κ1) is 19.3. The topological polar surface area (TPSA) is 64.0 Å². The predicted molar refractivity (Wildman–Crippen MR) is 111 cm³/mol. The molecule has 1 amide bonds. The van der Waals surface area contributed by atoms with E-state index < -0.39 is 0 Å². The summed E-state index contributed by atoms with van der Waals surface area (Å²) in [7, 11) is 0. The van der Waals surface area contributed by atoms with Gasteiger partial charge in [-0.2, -0.15) is 0 Å². The van der Waals surface area contributed by atoms with Crippen LogP contribution < -0.4 is 10.9 Å². The molecule has 0 aliphatic heterocycles. The molecule has 0 saturated heterocycles. The number of fused-ring (bicyclic) bond motifs is 1. The molecule has 0 aliphatic rings. The van der Waals surface area contributed by atoms with Crippen LogP contribution in [-0.2, 0) is 11.3 Å². The van der Waals surface area contributed by atoms with Crippen molar-refractivity contribution in [3.05, 3.63) is 51.9 Å². The standard InChI is InChI=1S/C21H25N3O2S/c1-4-16(5-2)23-18(25)10-11-24-13-22-20-19(21(24)26)17(12-27-20)15-8-6-14(3)7-9-15/h6-9,12-13,16H,4-5,10-11H2,1-3H3,(H,23,25). The maximum Gasteiger partial charge on any atom is 0.262 e. The minimum Gasteiger partial charge on any atom is -0.353 e. The Morgan fingerprint density at radius 1 is 1.22 bits per heavy atom. The van der Waals surface area contributed by atoms with E-state index in [0.717, 1.165) is 28.8 Å². The van der Waals surface area contributed by atoms with Crippen molar-refractivity contribution in [3.8, 4) is 11.1 Å². The number of nitrogens with one attached hydrogen (secondary N) is 1. The molecule has 142 valence electrons. The molecule has 3 rings (SSSR count). The van der Waals surface area contributed by atoms with Crippen LogP contribution in [0.15, 0.2) is 40.8 Å². The van der Waals surface area contributed by atoms with Crippen LogP contribution in [0.1, 0.15) is 38.7 Å². The quantitative estimate of drug-likeness (QED) is 0.667. The van der Waals surface area contributed by atoms with Gasteiger partial charge in [-0.05, 0) is 25.3 Å². The second-order valence-corrected chi connectivity index (χ2v) is 7.63. The molecule has 1 aromatic carbocycles. The van der Waals surface area contributed by atoms with Crippen LogP contribution in [0.4, 0.5) is 0 Å². The van der Waals surface area contributed by atoms with Crippen LogP contribution in [0.5, 0.6) is 0 Å². The van der Waals surface area contributed by atoms with E-state index in [4.69, 9.17) is 0 Å². The van der Waals surface area contributed by atoms with E-state index in [1.165, 1.54) is 16.9 Å². The third kappa shape index (κ3) is 4.27. The zero-order chi connectivity index (χ0) is 19.4. The minimum absolute atomic E-state index is 0.0280. The molecule has 0 radical (unpaired) electrons. The van der Waals surface area contributed by atoms with E-state index in [1.807, 2.05) is 36.6 Å². The highest BCUT2D eigenvalue weighted by Crippen LogP contribution is 2.30. The Hall–Kier alpha value is -2.47. The molecule has 5 nitrogen and oxygen atoms in total. The summed E-state index contributed by atoms with van der Waals surface area (Å²) in [5.74, 6) is -0.0280. The van der Waals surface area contributed by atoms with Gasteiger partial charge >= 0.3 is 0 Å². The average molecular weight is 384 g/mol. The maximum atomic E-state index is 13.0. The summed E-state index contributed by atoms with van der Waals surface area (Å²) in [6.45, 7) is 6.48. The summed E-state index contributed by atoms with van der Waals surface area (Å²) in [4.78, 5) is 30.3. The lowest BCUT2D eigenvalue weighted by Gasteiger charge is -2.14. The number of aromatic nitrogens is 2. The van der Waals surface area contributed by atoms with Crippen LogP contribution in [-0.4, -0.2) is 21.5 Å². The Labute approximate surface area is 163 Å². The maximum absolute atomic E-state index is 13.0. The summed E-state index contributed by atoms with van der Waals surface area (Å²) < 4.78 is 1.54. The average Bonchev–Trinajstić information content (AvgIpc) is 3.11. The minimum atomic E-state index is -0.0906. The summed E-state index contributed by atoms with van der Waals surface area (Å²) in [6.07, 6.45) is 3.63. The van der Waals surface area contributed by atoms with Gasteiger partial charge in [0.2, 0.25) is 5.91 Å². The molecule has 0 spiro atoms. The van der Waals surface area contributed by atoms with Gasteiger partial charge in [-0.1, -0.05) is 43.7 Å². The zero-order valence-corrected chi connectivity index (χ0v) is 16.8. The number of thiophene rings is 1. The van der Waals surface area contributed by atoms with Crippen molar-refractivity contribution < 1.29 is 4.79 Å². The number of benzene rings is 1. The highest BCUT2D eigenvalue weighted by molar-refractivity contribution is 7.17. The highest BCUT2D eigenvalue weighted by Gasteiger charge is 2.14. The monoisotopic (exact) mass is 383 g/mol. The number of aryl methyl sites for hydroxylation is 2. The Morgan fingerprint density at radius 3 is 2.59 bits per heavy atom. The zero-order valence-electron chi connectivity index (χ0n) is 16.0. The normalized spacial score (nSPS) is 11.3. The summed E-state index contributed by atoms with van der Waals surface area (Å²) >= 11 is 1.47. The second-order valence-electron chi connectivity index (χ2n) is 6.77.